The van der Waals surface area contributed by atoms with E-state index in [1.165, 1.54) is 13.8 Å². The third kappa shape index (κ3) is 6.55. The molecule has 0 saturated carbocycles. The Morgan fingerprint density at radius 1 is 0.720 bits per heavy atom. The third-order valence-corrected chi connectivity index (χ3v) is 7.28. The van der Waals surface area contributed by atoms with E-state index in [1.807, 2.05) is 60.7 Å². The fourth-order valence-electron chi connectivity index (χ4n) is 2.83. The van der Waals surface area contributed by atoms with Gasteiger partial charge in [-0.15, -0.1) is 0 Å². The summed E-state index contributed by atoms with van der Waals surface area (Å²) in [6.07, 6.45) is 1.42. The molecule has 0 aliphatic carbocycles. The smallest absolute Gasteiger partial charge is 0.464 e. The third-order valence-electron chi connectivity index (χ3n) is 3.93. The molecule has 0 fully saturated rings. The minimum absolute atomic E-state index is 0.394. The molecule has 0 aliphatic heterocycles. The molecule has 0 N–H and O–H groups in total. The Bertz CT molecular complexity index is 624. The molecule has 0 bridgehead atoms. The van der Waals surface area contributed by atoms with Crippen molar-refractivity contribution in [2.75, 3.05) is 0 Å². The molecule has 132 valence electrons. The maximum absolute atomic E-state index is 11.7. The normalized spacial score (nSPS) is 11.0. The van der Waals surface area contributed by atoms with Crippen LogP contribution < -0.4 is 0 Å². The lowest BCUT2D eigenvalue weighted by Crippen LogP contribution is -2.45. The Kier molecular flexibility index (Phi) is 6.95. The minimum Gasteiger partial charge on any atom is -0.485 e. The summed E-state index contributed by atoms with van der Waals surface area (Å²) in [4.78, 5) is 23.4. The van der Waals surface area contributed by atoms with Crippen molar-refractivity contribution in [2.24, 2.45) is 0 Å². The predicted octanol–water partition coefficient (Wildman–Crippen LogP) is 4.04. The highest BCUT2D eigenvalue weighted by atomic mass is 28.4. The van der Waals surface area contributed by atoms with Gasteiger partial charge in [-0.25, -0.2) is 0 Å². The topological polar surface area (TPSA) is 52.6 Å². The van der Waals surface area contributed by atoms with Gasteiger partial charge in [-0.2, -0.15) is 0 Å². The van der Waals surface area contributed by atoms with Crippen LogP contribution in [-0.2, 0) is 31.3 Å². The molecule has 0 heterocycles. The molecule has 2 aromatic carbocycles. The van der Waals surface area contributed by atoms with Crippen molar-refractivity contribution in [3.63, 3.8) is 0 Å². The molecule has 0 amide bonds. The van der Waals surface area contributed by atoms with Crippen molar-refractivity contribution in [3.8, 4) is 0 Å². The fourth-order valence-corrected chi connectivity index (χ4v) is 5.92. The summed E-state index contributed by atoms with van der Waals surface area (Å²) in [6.45, 7) is 2.74. The molecule has 0 radical (unpaired) electrons. The molecule has 2 aromatic rings. The lowest BCUT2D eigenvalue weighted by Gasteiger charge is -2.29. The highest BCUT2D eigenvalue weighted by Gasteiger charge is 2.43. The molecule has 0 spiro atoms. The maximum Gasteiger partial charge on any atom is 0.464 e. The summed E-state index contributed by atoms with van der Waals surface area (Å²) < 4.78 is 11.3. The van der Waals surface area contributed by atoms with E-state index in [9.17, 15) is 9.59 Å². The van der Waals surface area contributed by atoms with E-state index in [1.54, 1.807) is 0 Å². The Morgan fingerprint density at radius 3 is 1.40 bits per heavy atom. The molecule has 0 aromatic heterocycles. The van der Waals surface area contributed by atoms with Crippen molar-refractivity contribution in [3.05, 3.63) is 71.8 Å². The average Bonchev–Trinajstić information content (AvgIpc) is 2.59. The highest BCUT2D eigenvalue weighted by Crippen LogP contribution is 2.25. The van der Waals surface area contributed by atoms with Gasteiger partial charge in [0.15, 0.2) is 0 Å². The van der Waals surface area contributed by atoms with E-state index < -0.39 is 20.5 Å². The predicted molar refractivity (Wildman–Crippen MR) is 99.2 cm³/mol. The first-order chi connectivity index (χ1) is 12.0. The average molecular weight is 356 g/mol. The minimum atomic E-state index is -2.99. The molecule has 0 aliphatic rings. The standard InChI is InChI=1S/C20H24O4Si/c1-17(21)23-25(24-18(2)22,15-13-19-9-5-3-6-10-19)16-14-20-11-7-4-8-12-20/h3-12H,13-16H2,1-2H3. The van der Waals surface area contributed by atoms with Crippen LogP contribution in [0.25, 0.3) is 0 Å². The summed E-state index contributed by atoms with van der Waals surface area (Å²) >= 11 is 0. The molecule has 0 unspecified atom stereocenters. The van der Waals surface area contributed by atoms with E-state index in [0.717, 1.165) is 11.1 Å². The summed E-state index contributed by atoms with van der Waals surface area (Å²) in [7, 11) is -2.99. The van der Waals surface area contributed by atoms with Crippen molar-refractivity contribution < 1.29 is 18.4 Å². The maximum atomic E-state index is 11.7. The number of rotatable bonds is 8. The van der Waals surface area contributed by atoms with Crippen LogP contribution in [0.15, 0.2) is 60.7 Å². The van der Waals surface area contributed by atoms with Crippen molar-refractivity contribution in [2.45, 2.75) is 38.8 Å². The van der Waals surface area contributed by atoms with Crippen LogP contribution in [0, 0.1) is 0 Å². The molecule has 4 nitrogen and oxygen atoms in total. The molecular weight excluding hydrogens is 332 g/mol. The van der Waals surface area contributed by atoms with Crippen molar-refractivity contribution in [1.82, 2.24) is 0 Å². The molecule has 5 heteroatoms. The van der Waals surface area contributed by atoms with Crippen molar-refractivity contribution in [1.29, 1.82) is 0 Å². The Balaban J connectivity index is 2.16. The first-order valence-electron chi connectivity index (χ1n) is 8.46. The number of hydrogen-bond donors (Lipinski definition) is 0. The van der Waals surface area contributed by atoms with Crippen molar-refractivity contribution >= 4 is 20.5 Å². The molecule has 0 saturated heterocycles. The van der Waals surface area contributed by atoms with E-state index >= 15 is 0 Å². The van der Waals surface area contributed by atoms with Crippen LogP contribution in [0.3, 0.4) is 0 Å². The Hall–Kier alpha value is -2.40. The van der Waals surface area contributed by atoms with E-state index in [4.69, 9.17) is 8.85 Å². The summed E-state index contributed by atoms with van der Waals surface area (Å²) in [6, 6.07) is 21.0. The van der Waals surface area contributed by atoms with Gasteiger partial charge in [-0.3, -0.25) is 9.59 Å². The van der Waals surface area contributed by atoms with Gasteiger partial charge in [0, 0.05) is 25.9 Å². The second kappa shape index (κ2) is 9.18. The quantitative estimate of drug-likeness (QED) is 0.670. The summed E-state index contributed by atoms with van der Waals surface area (Å²) in [5, 5.41) is 0. The number of hydrogen-bond acceptors (Lipinski definition) is 4. The number of aryl methyl sites for hydroxylation is 2. The fraction of sp³-hybridized carbons (Fsp3) is 0.300. The van der Waals surface area contributed by atoms with E-state index in [0.29, 0.717) is 24.9 Å². The van der Waals surface area contributed by atoms with Crippen LogP contribution in [0.1, 0.15) is 25.0 Å². The summed E-state index contributed by atoms with van der Waals surface area (Å²) in [5.41, 5.74) is 2.27. The van der Waals surface area contributed by atoms with Crippen LogP contribution >= 0.6 is 0 Å². The first kappa shape index (κ1) is 18.9. The van der Waals surface area contributed by atoms with Gasteiger partial charge in [0.2, 0.25) is 0 Å². The lowest BCUT2D eigenvalue weighted by molar-refractivity contribution is -0.139. The van der Waals surface area contributed by atoms with E-state index in [-0.39, 0.29) is 0 Å². The van der Waals surface area contributed by atoms with Gasteiger partial charge in [0.05, 0.1) is 0 Å². The molecular formula is C20H24O4Si. The first-order valence-corrected chi connectivity index (χ1v) is 10.7. The number of carbonyl (C=O) groups excluding carboxylic acids is 2. The monoisotopic (exact) mass is 356 g/mol. The lowest BCUT2D eigenvalue weighted by atomic mass is 10.2. The zero-order valence-corrected chi connectivity index (χ0v) is 15.7. The second-order valence-corrected chi connectivity index (χ2v) is 9.30. The van der Waals surface area contributed by atoms with Gasteiger partial charge in [-0.1, -0.05) is 60.7 Å². The Labute approximate surface area is 150 Å². The SMILES string of the molecule is CC(=O)O[Si](CCc1ccccc1)(CCc1ccccc1)OC(C)=O. The van der Waals surface area contributed by atoms with Crippen LogP contribution in [0.5, 0.6) is 0 Å². The van der Waals surface area contributed by atoms with E-state index in [2.05, 4.69) is 0 Å². The molecule has 25 heavy (non-hydrogen) atoms. The zero-order valence-electron chi connectivity index (χ0n) is 14.7. The number of carbonyl (C=O) groups is 2. The second-order valence-electron chi connectivity index (χ2n) is 6.07. The van der Waals surface area contributed by atoms with Gasteiger partial charge >= 0.3 is 8.56 Å². The van der Waals surface area contributed by atoms with Crippen LogP contribution in [0.2, 0.25) is 12.1 Å². The van der Waals surface area contributed by atoms with Crippen LogP contribution in [-0.4, -0.2) is 20.5 Å². The Morgan fingerprint density at radius 2 is 1.08 bits per heavy atom. The van der Waals surface area contributed by atoms with Gasteiger partial charge in [-0.05, 0) is 24.0 Å². The largest absolute Gasteiger partial charge is 0.485 e. The summed E-state index contributed by atoms with van der Waals surface area (Å²) in [5.74, 6) is -0.789. The van der Waals surface area contributed by atoms with Gasteiger partial charge < -0.3 is 8.85 Å². The zero-order chi connectivity index (χ0) is 18.1. The van der Waals surface area contributed by atoms with Gasteiger partial charge in [0.1, 0.15) is 0 Å². The van der Waals surface area contributed by atoms with Crippen LogP contribution in [0.4, 0.5) is 0 Å². The molecule has 0 atom stereocenters. The number of benzene rings is 2. The highest BCUT2D eigenvalue weighted by molar-refractivity contribution is 6.70. The molecule has 2 rings (SSSR count). The van der Waals surface area contributed by atoms with Gasteiger partial charge in [0.25, 0.3) is 11.9 Å².